The second-order valence-corrected chi connectivity index (χ2v) is 10.2. The summed E-state index contributed by atoms with van der Waals surface area (Å²) in [5, 5.41) is 12.2. The fourth-order valence-corrected chi connectivity index (χ4v) is 4.35. The van der Waals surface area contributed by atoms with Gasteiger partial charge in [-0.15, -0.1) is 0 Å². The van der Waals surface area contributed by atoms with Crippen LogP contribution in [0.4, 0.5) is 5.69 Å². The van der Waals surface area contributed by atoms with Gasteiger partial charge >= 0.3 is 0 Å². The Balaban J connectivity index is 2.48. The zero-order chi connectivity index (χ0) is 27.9. The van der Waals surface area contributed by atoms with Crippen LogP contribution in [0.2, 0.25) is 0 Å². The van der Waals surface area contributed by atoms with Crippen LogP contribution in [0.25, 0.3) is 10.9 Å². The number of hydrogen-bond acceptors (Lipinski definition) is 5. The molecule has 1 aromatic heterocycles. The summed E-state index contributed by atoms with van der Waals surface area (Å²) in [6.07, 6.45) is 14.2. The van der Waals surface area contributed by atoms with Crippen LogP contribution in [0.1, 0.15) is 98.8 Å². The fourth-order valence-electron chi connectivity index (χ4n) is 4.35. The summed E-state index contributed by atoms with van der Waals surface area (Å²) in [5.41, 5.74) is 2.67. The van der Waals surface area contributed by atoms with Crippen molar-refractivity contribution >= 4 is 16.6 Å². The zero-order valence-electron chi connectivity index (χ0n) is 24.0. The number of unbranched alkanes of at least 4 members (excludes halogenated alkanes) is 6. The molecule has 7 heteroatoms. The Hall–Kier alpha value is -3.09. The predicted molar refractivity (Wildman–Crippen MR) is 157 cm³/mol. The van der Waals surface area contributed by atoms with Crippen molar-refractivity contribution in [2.75, 3.05) is 13.2 Å². The average Bonchev–Trinajstić information content (AvgIpc) is 2.88. The molecule has 0 radical (unpaired) electrons. The fraction of sp³-hybridized carbons (Fsp3) is 0.581. The maximum Gasteiger partial charge on any atom is 0.297 e. The van der Waals surface area contributed by atoms with Crippen molar-refractivity contribution in [3.8, 4) is 11.5 Å². The monoisotopic (exact) mass is 526 g/mol. The smallest absolute Gasteiger partial charge is 0.297 e. The molecule has 0 aliphatic rings. The molecule has 210 valence electrons. The molecular weight excluding hydrogens is 480 g/mol. The van der Waals surface area contributed by atoms with Crippen molar-refractivity contribution in [3.05, 3.63) is 62.0 Å². The molecule has 0 saturated carbocycles. The topological polar surface area (TPSA) is 83.6 Å². The van der Waals surface area contributed by atoms with Crippen LogP contribution in [0.3, 0.4) is 0 Å². The van der Waals surface area contributed by atoms with E-state index in [0.717, 1.165) is 64.2 Å². The van der Waals surface area contributed by atoms with Gasteiger partial charge < -0.3 is 14.0 Å². The number of aryl methyl sites for hydroxylation is 1. The molecule has 0 N–H and O–H groups in total. The molecule has 2 rings (SSSR count). The summed E-state index contributed by atoms with van der Waals surface area (Å²) in [6, 6.07) is 4.64. The Kier molecular flexibility index (Phi) is 13.7. The highest BCUT2D eigenvalue weighted by Crippen LogP contribution is 2.35. The quantitative estimate of drug-likeness (QED) is 0.0841. The Labute approximate surface area is 227 Å². The Morgan fingerprint density at radius 2 is 1.66 bits per heavy atom. The van der Waals surface area contributed by atoms with Crippen molar-refractivity contribution < 1.29 is 14.4 Å². The second kappa shape index (κ2) is 16.7. The summed E-state index contributed by atoms with van der Waals surface area (Å²) in [4.78, 5) is 24.9. The number of rotatable bonds is 18. The largest absolute Gasteiger partial charge is 0.489 e. The van der Waals surface area contributed by atoms with E-state index in [-0.39, 0.29) is 23.6 Å². The third kappa shape index (κ3) is 9.66. The molecule has 0 bridgehead atoms. The number of non-ortho nitro benzene ring substituents is 1. The number of nitro groups is 1. The average molecular weight is 527 g/mol. The van der Waals surface area contributed by atoms with Crippen LogP contribution in [0.15, 0.2) is 46.3 Å². The molecule has 0 atom stereocenters. The van der Waals surface area contributed by atoms with E-state index in [1.165, 1.54) is 23.3 Å². The summed E-state index contributed by atoms with van der Waals surface area (Å²) in [6.45, 7) is 11.7. The summed E-state index contributed by atoms with van der Waals surface area (Å²) >= 11 is 0. The highest BCUT2D eigenvalue weighted by molar-refractivity contribution is 5.89. The maximum absolute atomic E-state index is 13.8. The summed E-state index contributed by atoms with van der Waals surface area (Å²) in [5.74, 6) is 0.572. The normalized spacial score (nSPS) is 11.6. The number of ether oxygens (including phenoxy) is 2. The van der Waals surface area contributed by atoms with Crippen LogP contribution in [0.5, 0.6) is 11.5 Å². The van der Waals surface area contributed by atoms with E-state index in [0.29, 0.717) is 29.8 Å². The van der Waals surface area contributed by atoms with Gasteiger partial charge in [-0.2, -0.15) is 0 Å². The molecule has 1 aromatic carbocycles. The molecule has 7 nitrogen and oxygen atoms in total. The minimum Gasteiger partial charge on any atom is -0.489 e. The van der Waals surface area contributed by atoms with E-state index >= 15 is 0 Å². The van der Waals surface area contributed by atoms with E-state index in [9.17, 15) is 14.9 Å². The molecule has 0 aliphatic carbocycles. The van der Waals surface area contributed by atoms with Crippen molar-refractivity contribution in [3.63, 3.8) is 0 Å². The molecule has 38 heavy (non-hydrogen) atoms. The Morgan fingerprint density at radius 3 is 2.32 bits per heavy atom. The molecule has 1 heterocycles. The lowest BCUT2D eigenvalue weighted by atomic mass is 10.1. The highest BCUT2D eigenvalue weighted by Gasteiger charge is 2.21. The first-order valence-corrected chi connectivity index (χ1v) is 14.2. The minimum absolute atomic E-state index is 0.0447. The van der Waals surface area contributed by atoms with Crippen LogP contribution < -0.4 is 15.0 Å². The maximum atomic E-state index is 13.8. The molecule has 0 fully saturated rings. The lowest BCUT2D eigenvalue weighted by molar-refractivity contribution is -0.384. The number of nitrogens with zero attached hydrogens (tertiary/aromatic N) is 2. The minimum atomic E-state index is -0.427. The second-order valence-electron chi connectivity index (χ2n) is 10.2. The number of nitro benzene ring substituents is 1. The molecule has 2 aromatic rings. The standard InChI is InChI=1S/C31H46N2O5/c1-6-8-10-12-20-32-28-23-26(33(35)36)17-18-27(28)29(37-21-13-11-9-7-2)30(31(32)34)38-22-19-25(5)16-14-15-24(3)4/h15,17-19,23H,6-14,16,20-22H2,1-5H3. The third-order valence-corrected chi connectivity index (χ3v) is 6.60. The van der Waals surface area contributed by atoms with Gasteiger partial charge in [0.25, 0.3) is 11.2 Å². The lowest BCUT2D eigenvalue weighted by Crippen LogP contribution is -2.24. The zero-order valence-corrected chi connectivity index (χ0v) is 24.0. The van der Waals surface area contributed by atoms with Gasteiger partial charge in [0.1, 0.15) is 6.61 Å². The molecule has 0 spiro atoms. The van der Waals surface area contributed by atoms with Gasteiger partial charge in [0.15, 0.2) is 5.75 Å². The third-order valence-electron chi connectivity index (χ3n) is 6.60. The van der Waals surface area contributed by atoms with Crippen LogP contribution in [-0.4, -0.2) is 22.7 Å². The molecule has 0 unspecified atom stereocenters. The van der Waals surface area contributed by atoms with Gasteiger partial charge in [0, 0.05) is 24.1 Å². The van der Waals surface area contributed by atoms with Gasteiger partial charge in [-0.05, 0) is 58.6 Å². The highest BCUT2D eigenvalue weighted by atomic mass is 16.6. The van der Waals surface area contributed by atoms with E-state index in [4.69, 9.17) is 9.47 Å². The molecular formula is C31H46N2O5. The first kappa shape index (κ1) is 31.1. The van der Waals surface area contributed by atoms with Gasteiger partial charge in [0.2, 0.25) is 5.75 Å². The van der Waals surface area contributed by atoms with Gasteiger partial charge in [-0.1, -0.05) is 69.6 Å². The summed E-state index contributed by atoms with van der Waals surface area (Å²) < 4.78 is 13.9. The number of aromatic nitrogens is 1. The van der Waals surface area contributed by atoms with Gasteiger partial charge in [-0.3, -0.25) is 14.9 Å². The SMILES string of the molecule is CCCCCCOc1c(OCC=C(C)CCC=C(C)C)c(=O)n(CCCCCC)c2cc([N+](=O)[O-])ccc12. The van der Waals surface area contributed by atoms with E-state index in [1.807, 2.05) is 6.08 Å². The van der Waals surface area contributed by atoms with E-state index in [1.54, 1.807) is 10.6 Å². The number of pyridine rings is 1. The van der Waals surface area contributed by atoms with Crippen LogP contribution in [-0.2, 0) is 6.54 Å². The van der Waals surface area contributed by atoms with Gasteiger partial charge in [-0.25, -0.2) is 0 Å². The van der Waals surface area contributed by atoms with Crippen LogP contribution in [0, 0.1) is 10.1 Å². The van der Waals surface area contributed by atoms with Crippen molar-refractivity contribution in [1.82, 2.24) is 4.57 Å². The Bertz CT molecular complexity index is 1160. The lowest BCUT2D eigenvalue weighted by Gasteiger charge is -2.18. The van der Waals surface area contributed by atoms with Crippen molar-refractivity contribution in [2.45, 2.75) is 105 Å². The summed E-state index contributed by atoms with van der Waals surface area (Å²) in [7, 11) is 0. The predicted octanol–water partition coefficient (Wildman–Crippen LogP) is 8.52. The first-order valence-electron chi connectivity index (χ1n) is 14.2. The van der Waals surface area contributed by atoms with Crippen LogP contribution >= 0.6 is 0 Å². The Morgan fingerprint density at radius 1 is 0.947 bits per heavy atom. The van der Waals surface area contributed by atoms with Gasteiger partial charge in [0.05, 0.1) is 17.0 Å². The number of fused-ring (bicyclic) bond motifs is 1. The first-order chi connectivity index (χ1) is 18.3. The number of allylic oxidation sites excluding steroid dienone is 3. The molecule has 0 amide bonds. The molecule has 0 aliphatic heterocycles. The van der Waals surface area contributed by atoms with Crippen molar-refractivity contribution in [1.29, 1.82) is 0 Å². The molecule has 0 saturated heterocycles. The van der Waals surface area contributed by atoms with Crippen molar-refractivity contribution in [2.24, 2.45) is 0 Å². The van der Waals surface area contributed by atoms with E-state index in [2.05, 4.69) is 40.7 Å². The number of benzene rings is 1. The number of hydrogen-bond donors (Lipinski definition) is 0. The van der Waals surface area contributed by atoms with E-state index < -0.39 is 4.92 Å².